The normalized spacial score (nSPS) is 10.5. The van der Waals surface area contributed by atoms with E-state index >= 15 is 0 Å². The van der Waals surface area contributed by atoms with Crippen LogP contribution in [0.15, 0.2) is 24.8 Å². The summed E-state index contributed by atoms with van der Waals surface area (Å²) in [5, 5.41) is 3.20. The van der Waals surface area contributed by atoms with E-state index in [9.17, 15) is 0 Å². The van der Waals surface area contributed by atoms with Crippen LogP contribution < -0.4 is 5.32 Å². The zero-order chi connectivity index (χ0) is 7.66. The van der Waals surface area contributed by atoms with Gasteiger partial charge < -0.3 is 5.32 Å². The lowest BCUT2D eigenvalue weighted by Gasteiger charge is -1.94. The molecule has 0 aromatic rings. The summed E-state index contributed by atoms with van der Waals surface area (Å²) in [4.78, 5) is 0. The Morgan fingerprint density at radius 2 is 2.20 bits per heavy atom. The van der Waals surface area contributed by atoms with E-state index in [1.807, 2.05) is 6.08 Å². The lowest BCUT2D eigenvalue weighted by atomic mass is 10.4. The number of thiol groups is 1. The molecule has 0 aliphatic heterocycles. The highest BCUT2D eigenvalue weighted by atomic mass is 32.1. The molecule has 58 valence electrons. The van der Waals surface area contributed by atoms with Crippen molar-refractivity contribution in [1.82, 2.24) is 5.32 Å². The van der Waals surface area contributed by atoms with Crippen LogP contribution in [0, 0.1) is 0 Å². The third-order valence-corrected chi connectivity index (χ3v) is 1.24. The molecule has 0 atom stereocenters. The monoisotopic (exact) mass is 157 g/mol. The Labute approximate surface area is 68.6 Å². The Kier molecular flexibility index (Phi) is 8.61. The summed E-state index contributed by atoms with van der Waals surface area (Å²) in [5.41, 5.74) is 0. The fraction of sp³-hybridized carbons (Fsp3) is 0.500. The molecule has 0 heterocycles. The number of allylic oxidation sites excluding steroid dienone is 2. The number of hydrogen-bond acceptors (Lipinski definition) is 2. The van der Waals surface area contributed by atoms with E-state index in [1.54, 1.807) is 0 Å². The van der Waals surface area contributed by atoms with Gasteiger partial charge in [0.1, 0.15) is 0 Å². The van der Waals surface area contributed by atoms with Crippen LogP contribution in [0.2, 0.25) is 0 Å². The molecule has 0 radical (unpaired) electrons. The van der Waals surface area contributed by atoms with Gasteiger partial charge in [-0.05, 0) is 6.42 Å². The van der Waals surface area contributed by atoms with Crippen LogP contribution in [0.5, 0.6) is 0 Å². The second-order valence-corrected chi connectivity index (χ2v) is 2.37. The Morgan fingerprint density at radius 3 is 2.80 bits per heavy atom. The predicted molar refractivity (Wildman–Crippen MR) is 50.7 cm³/mol. The minimum absolute atomic E-state index is 0.898. The maximum absolute atomic E-state index is 4.06. The van der Waals surface area contributed by atoms with Gasteiger partial charge in [-0.15, -0.1) is 6.58 Å². The number of rotatable bonds is 6. The van der Waals surface area contributed by atoms with E-state index < -0.39 is 0 Å². The van der Waals surface area contributed by atoms with Gasteiger partial charge in [0.25, 0.3) is 0 Å². The van der Waals surface area contributed by atoms with Gasteiger partial charge in [0.15, 0.2) is 0 Å². The smallest absolute Gasteiger partial charge is 0.0135 e. The summed E-state index contributed by atoms with van der Waals surface area (Å²) < 4.78 is 0. The van der Waals surface area contributed by atoms with Crippen molar-refractivity contribution in [3.05, 3.63) is 24.8 Å². The van der Waals surface area contributed by atoms with Gasteiger partial charge in [-0.2, -0.15) is 12.6 Å². The first kappa shape index (κ1) is 9.79. The first-order valence-corrected chi connectivity index (χ1v) is 4.12. The minimum atomic E-state index is 0.898. The van der Waals surface area contributed by atoms with Crippen LogP contribution in [0.25, 0.3) is 0 Å². The summed E-state index contributed by atoms with van der Waals surface area (Å²) >= 11 is 4.06. The lowest BCUT2D eigenvalue weighted by Crippen LogP contribution is -2.15. The lowest BCUT2D eigenvalue weighted by molar-refractivity contribution is 0.806. The Balaban J connectivity index is 2.94. The topological polar surface area (TPSA) is 12.0 Å². The molecule has 0 amide bonds. The van der Waals surface area contributed by atoms with Crippen LogP contribution in [0.1, 0.15) is 6.42 Å². The molecule has 0 aromatic heterocycles. The summed E-state index contributed by atoms with van der Waals surface area (Å²) in [7, 11) is 0. The SMILES string of the molecule is C=CCC=CCNCCS. The molecule has 0 saturated heterocycles. The van der Waals surface area contributed by atoms with E-state index in [1.165, 1.54) is 0 Å². The van der Waals surface area contributed by atoms with Crippen molar-refractivity contribution in [2.75, 3.05) is 18.8 Å². The molecule has 1 N–H and O–H groups in total. The van der Waals surface area contributed by atoms with E-state index in [4.69, 9.17) is 0 Å². The molecule has 0 aliphatic rings. The van der Waals surface area contributed by atoms with Gasteiger partial charge in [0, 0.05) is 18.8 Å². The molecule has 0 bridgehead atoms. The van der Waals surface area contributed by atoms with Crippen molar-refractivity contribution in [2.24, 2.45) is 0 Å². The van der Waals surface area contributed by atoms with Crippen LogP contribution in [-0.4, -0.2) is 18.8 Å². The molecule has 0 aromatic carbocycles. The number of hydrogen-bond donors (Lipinski definition) is 2. The third kappa shape index (κ3) is 7.79. The first-order chi connectivity index (χ1) is 4.91. The summed E-state index contributed by atoms with van der Waals surface area (Å²) in [6.07, 6.45) is 7.04. The molecular formula is C8H15NS. The van der Waals surface area contributed by atoms with Crippen molar-refractivity contribution in [2.45, 2.75) is 6.42 Å². The summed E-state index contributed by atoms with van der Waals surface area (Å²) in [6.45, 7) is 5.52. The van der Waals surface area contributed by atoms with Crippen LogP contribution in [0.3, 0.4) is 0 Å². The minimum Gasteiger partial charge on any atom is -0.312 e. The Bertz CT molecular complexity index is 99.4. The van der Waals surface area contributed by atoms with Crippen molar-refractivity contribution in [1.29, 1.82) is 0 Å². The van der Waals surface area contributed by atoms with Gasteiger partial charge in [-0.1, -0.05) is 18.2 Å². The summed E-state index contributed by atoms with van der Waals surface area (Å²) in [6, 6.07) is 0. The standard InChI is InChI=1S/C8H15NS/c1-2-3-4-5-6-9-7-8-10/h2,4-5,9-10H,1,3,6-8H2. The molecule has 0 fully saturated rings. The van der Waals surface area contributed by atoms with Crippen LogP contribution in [0.4, 0.5) is 0 Å². The van der Waals surface area contributed by atoms with Crippen LogP contribution >= 0.6 is 12.6 Å². The van der Waals surface area contributed by atoms with E-state index in [0.717, 1.165) is 25.3 Å². The molecule has 0 rings (SSSR count). The molecule has 0 aliphatic carbocycles. The highest BCUT2D eigenvalue weighted by Gasteiger charge is 1.76. The zero-order valence-electron chi connectivity index (χ0n) is 6.21. The third-order valence-electron chi connectivity index (χ3n) is 1.02. The highest BCUT2D eigenvalue weighted by Crippen LogP contribution is 1.80. The van der Waals surface area contributed by atoms with Gasteiger partial charge in [0.05, 0.1) is 0 Å². The van der Waals surface area contributed by atoms with Crippen molar-refractivity contribution < 1.29 is 0 Å². The average Bonchev–Trinajstić information content (AvgIpc) is 1.97. The van der Waals surface area contributed by atoms with E-state index in [2.05, 4.69) is 36.7 Å². The highest BCUT2D eigenvalue weighted by molar-refractivity contribution is 7.80. The van der Waals surface area contributed by atoms with Gasteiger partial charge in [-0.3, -0.25) is 0 Å². The number of nitrogens with one attached hydrogen (secondary N) is 1. The van der Waals surface area contributed by atoms with Gasteiger partial charge in [0.2, 0.25) is 0 Å². The maximum Gasteiger partial charge on any atom is 0.0135 e. The second-order valence-electron chi connectivity index (χ2n) is 1.92. The van der Waals surface area contributed by atoms with E-state index in [0.29, 0.717) is 0 Å². The Hall–Kier alpha value is -0.210. The predicted octanol–water partition coefficient (Wildman–Crippen LogP) is 1.64. The second kappa shape index (κ2) is 8.79. The Morgan fingerprint density at radius 1 is 1.40 bits per heavy atom. The maximum atomic E-state index is 4.06. The quantitative estimate of drug-likeness (QED) is 0.339. The fourth-order valence-electron chi connectivity index (χ4n) is 0.540. The van der Waals surface area contributed by atoms with Gasteiger partial charge in [-0.25, -0.2) is 0 Å². The van der Waals surface area contributed by atoms with Crippen molar-refractivity contribution in [3.63, 3.8) is 0 Å². The molecule has 0 unspecified atom stereocenters. The largest absolute Gasteiger partial charge is 0.312 e. The van der Waals surface area contributed by atoms with Crippen molar-refractivity contribution in [3.8, 4) is 0 Å². The molecule has 0 saturated carbocycles. The zero-order valence-corrected chi connectivity index (χ0v) is 7.11. The molecule has 0 spiro atoms. The molecule has 2 heteroatoms. The van der Waals surface area contributed by atoms with Crippen molar-refractivity contribution >= 4 is 12.6 Å². The molecule has 10 heavy (non-hydrogen) atoms. The average molecular weight is 157 g/mol. The summed E-state index contributed by atoms with van der Waals surface area (Å²) in [5.74, 6) is 0.898. The van der Waals surface area contributed by atoms with Crippen LogP contribution in [-0.2, 0) is 0 Å². The van der Waals surface area contributed by atoms with E-state index in [-0.39, 0.29) is 0 Å². The van der Waals surface area contributed by atoms with Gasteiger partial charge >= 0.3 is 0 Å². The molecule has 1 nitrogen and oxygen atoms in total. The fourth-order valence-corrected chi connectivity index (χ4v) is 0.698. The first-order valence-electron chi connectivity index (χ1n) is 3.49. The molecular weight excluding hydrogens is 142 g/mol.